The Bertz CT molecular complexity index is 775. The lowest BCUT2D eigenvalue weighted by atomic mass is 10.2. The molecule has 0 spiro atoms. The fraction of sp³-hybridized carbons (Fsp3) is 0.357. The summed E-state index contributed by atoms with van der Waals surface area (Å²) in [6, 6.07) is 3.28. The molecule has 2 aromatic heterocycles. The summed E-state index contributed by atoms with van der Waals surface area (Å²) in [5.41, 5.74) is -0.314. The monoisotopic (exact) mass is 343 g/mol. The van der Waals surface area contributed by atoms with Crippen LogP contribution >= 0.6 is 11.3 Å². The van der Waals surface area contributed by atoms with Gasteiger partial charge in [-0.15, -0.1) is 11.3 Å². The molecular formula is C14H17NO5S2. The standard InChI is InChI=1S/C14H17NO5S2/c1-4-10(11-6-5-7-21-11)15-22(18,19)13-9(3)20-8(2)12(13)14(16)17/h5-7,10,15H,4H2,1-3H3,(H,16,17). The predicted octanol–water partition coefficient (Wildman–Crippen LogP) is 3.09. The first-order chi connectivity index (χ1) is 10.3. The van der Waals surface area contributed by atoms with Crippen LogP contribution in [-0.4, -0.2) is 19.5 Å². The average Bonchev–Trinajstić information content (AvgIpc) is 3.03. The van der Waals surface area contributed by atoms with Crippen molar-refractivity contribution in [2.75, 3.05) is 0 Å². The molecule has 8 heteroatoms. The molecular weight excluding hydrogens is 326 g/mol. The maximum atomic E-state index is 12.6. The van der Waals surface area contributed by atoms with Crippen LogP contribution in [0.15, 0.2) is 26.8 Å². The minimum Gasteiger partial charge on any atom is -0.478 e. The van der Waals surface area contributed by atoms with Gasteiger partial charge in [0.25, 0.3) is 0 Å². The van der Waals surface area contributed by atoms with Crippen molar-refractivity contribution in [1.29, 1.82) is 0 Å². The second-order valence-electron chi connectivity index (χ2n) is 4.82. The number of carboxylic acid groups (broad SMARTS) is 1. The summed E-state index contributed by atoms with van der Waals surface area (Å²) >= 11 is 1.44. The molecule has 2 heterocycles. The Kier molecular flexibility index (Phi) is 4.74. The van der Waals surface area contributed by atoms with Gasteiger partial charge in [0.2, 0.25) is 10.0 Å². The van der Waals surface area contributed by atoms with Gasteiger partial charge in [-0.1, -0.05) is 13.0 Å². The Balaban J connectivity index is 2.45. The fourth-order valence-electron chi connectivity index (χ4n) is 2.31. The Morgan fingerprint density at radius 3 is 2.59 bits per heavy atom. The van der Waals surface area contributed by atoms with E-state index in [1.165, 1.54) is 25.2 Å². The van der Waals surface area contributed by atoms with Crippen molar-refractivity contribution in [3.63, 3.8) is 0 Å². The van der Waals surface area contributed by atoms with E-state index in [1.807, 2.05) is 24.4 Å². The van der Waals surface area contributed by atoms with Gasteiger partial charge in [-0.2, -0.15) is 0 Å². The highest BCUT2D eigenvalue weighted by molar-refractivity contribution is 7.89. The fourth-order valence-corrected chi connectivity index (χ4v) is 4.95. The lowest BCUT2D eigenvalue weighted by Gasteiger charge is -2.15. The zero-order valence-corrected chi connectivity index (χ0v) is 14.0. The van der Waals surface area contributed by atoms with Crippen LogP contribution in [0.4, 0.5) is 0 Å². The van der Waals surface area contributed by atoms with Crippen LogP contribution in [0.5, 0.6) is 0 Å². The molecule has 2 rings (SSSR count). The normalized spacial score (nSPS) is 13.2. The third-order valence-electron chi connectivity index (χ3n) is 3.28. The van der Waals surface area contributed by atoms with Crippen molar-refractivity contribution in [3.05, 3.63) is 39.5 Å². The van der Waals surface area contributed by atoms with E-state index in [4.69, 9.17) is 4.42 Å². The van der Waals surface area contributed by atoms with E-state index in [-0.39, 0.29) is 22.0 Å². The molecule has 2 N–H and O–H groups in total. The van der Waals surface area contributed by atoms with Crippen molar-refractivity contribution in [3.8, 4) is 0 Å². The third-order valence-corrected chi connectivity index (χ3v) is 5.89. The van der Waals surface area contributed by atoms with E-state index in [2.05, 4.69) is 4.72 Å². The zero-order valence-electron chi connectivity index (χ0n) is 12.4. The Morgan fingerprint density at radius 2 is 2.09 bits per heavy atom. The van der Waals surface area contributed by atoms with Gasteiger partial charge in [-0.05, 0) is 31.7 Å². The number of aromatic carboxylic acids is 1. The minimum atomic E-state index is -4.00. The second-order valence-corrected chi connectivity index (χ2v) is 7.45. The van der Waals surface area contributed by atoms with Crippen molar-refractivity contribution >= 4 is 27.3 Å². The van der Waals surface area contributed by atoms with Gasteiger partial charge in [-0.25, -0.2) is 17.9 Å². The van der Waals surface area contributed by atoms with E-state index in [0.29, 0.717) is 6.42 Å². The van der Waals surface area contributed by atoms with E-state index in [0.717, 1.165) is 4.88 Å². The Morgan fingerprint density at radius 1 is 1.41 bits per heavy atom. The molecule has 0 aliphatic carbocycles. The van der Waals surface area contributed by atoms with E-state index >= 15 is 0 Å². The highest BCUT2D eigenvalue weighted by Gasteiger charge is 2.32. The van der Waals surface area contributed by atoms with Crippen LogP contribution in [0.25, 0.3) is 0 Å². The number of carbonyl (C=O) groups is 1. The molecule has 0 aliphatic heterocycles. The van der Waals surface area contributed by atoms with E-state index in [9.17, 15) is 18.3 Å². The molecule has 0 amide bonds. The first kappa shape index (κ1) is 16.7. The summed E-state index contributed by atoms with van der Waals surface area (Å²) in [7, 11) is -4.00. The Hall–Kier alpha value is -1.64. The van der Waals surface area contributed by atoms with Gasteiger partial charge >= 0.3 is 5.97 Å². The summed E-state index contributed by atoms with van der Waals surface area (Å²) in [6.45, 7) is 4.74. The van der Waals surface area contributed by atoms with Crippen LogP contribution in [0.1, 0.15) is 46.1 Å². The number of thiophene rings is 1. The molecule has 0 bridgehead atoms. The first-order valence-electron chi connectivity index (χ1n) is 6.67. The van der Waals surface area contributed by atoms with Gasteiger partial charge in [0.05, 0.1) is 6.04 Å². The van der Waals surface area contributed by atoms with Crippen LogP contribution in [-0.2, 0) is 10.0 Å². The number of hydrogen-bond donors (Lipinski definition) is 2. The van der Waals surface area contributed by atoms with E-state index < -0.39 is 22.0 Å². The number of sulfonamides is 1. The summed E-state index contributed by atoms with van der Waals surface area (Å²) < 4.78 is 33.0. The van der Waals surface area contributed by atoms with Crippen LogP contribution < -0.4 is 4.72 Å². The van der Waals surface area contributed by atoms with Crippen molar-refractivity contribution in [2.45, 2.75) is 38.1 Å². The number of rotatable bonds is 6. The third kappa shape index (κ3) is 3.08. The van der Waals surface area contributed by atoms with Crippen molar-refractivity contribution in [2.24, 2.45) is 0 Å². The summed E-state index contributed by atoms with van der Waals surface area (Å²) in [4.78, 5) is 11.9. The molecule has 0 radical (unpaired) electrons. The zero-order chi connectivity index (χ0) is 16.5. The number of nitrogens with one attached hydrogen (secondary N) is 1. The summed E-state index contributed by atoms with van der Waals surface area (Å²) in [5.74, 6) is -1.17. The lowest BCUT2D eigenvalue weighted by Crippen LogP contribution is -2.29. The first-order valence-corrected chi connectivity index (χ1v) is 9.03. The minimum absolute atomic E-state index is 0.0726. The van der Waals surface area contributed by atoms with Gasteiger partial charge in [0.1, 0.15) is 22.0 Å². The summed E-state index contributed by atoms with van der Waals surface area (Å²) in [6.07, 6.45) is 0.554. The number of hydrogen-bond acceptors (Lipinski definition) is 5. The smallest absolute Gasteiger partial charge is 0.340 e. The van der Waals surface area contributed by atoms with Gasteiger partial charge in [0.15, 0.2) is 0 Å². The van der Waals surface area contributed by atoms with Crippen molar-refractivity contribution < 1.29 is 22.7 Å². The van der Waals surface area contributed by atoms with Gasteiger partial charge in [0, 0.05) is 4.88 Å². The largest absolute Gasteiger partial charge is 0.478 e. The molecule has 0 aromatic carbocycles. The van der Waals surface area contributed by atoms with Crippen LogP contribution in [0, 0.1) is 13.8 Å². The number of furan rings is 1. The van der Waals surface area contributed by atoms with Crippen molar-refractivity contribution in [1.82, 2.24) is 4.72 Å². The highest BCUT2D eigenvalue weighted by Crippen LogP contribution is 2.29. The molecule has 0 saturated heterocycles. The van der Waals surface area contributed by atoms with Crippen LogP contribution in [0.3, 0.4) is 0 Å². The average molecular weight is 343 g/mol. The maximum Gasteiger partial charge on any atom is 0.340 e. The van der Waals surface area contributed by atoms with Gasteiger partial charge in [-0.3, -0.25) is 0 Å². The second kappa shape index (κ2) is 6.23. The van der Waals surface area contributed by atoms with Crippen LogP contribution in [0.2, 0.25) is 0 Å². The molecule has 22 heavy (non-hydrogen) atoms. The molecule has 120 valence electrons. The Labute approximate surface area is 132 Å². The molecule has 6 nitrogen and oxygen atoms in total. The van der Waals surface area contributed by atoms with Gasteiger partial charge < -0.3 is 9.52 Å². The van der Waals surface area contributed by atoms with E-state index in [1.54, 1.807) is 0 Å². The molecule has 2 aromatic rings. The highest BCUT2D eigenvalue weighted by atomic mass is 32.2. The molecule has 1 unspecified atom stereocenters. The number of aryl methyl sites for hydroxylation is 2. The maximum absolute atomic E-state index is 12.6. The quantitative estimate of drug-likeness (QED) is 0.840. The summed E-state index contributed by atoms with van der Waals surface area (Å²) in [5, 5.41) is 11.1. The predicted molar refractivity (Wildman–Crippen MR) is 82.8 cm³/mol. The molecule has 0 fully saturated rings. The molecule has 0 saturated carbocycles. The molecule has 0 aliphatic rings. The number of carboxylic acids is 1. The lowest BCUT2D eigenvalue weighted by molar-refractivity contribution is 0.0691. The molecule has 1 atom stereocenters. The topological polar surface area (TPSA) is 96.6 Å². The SMILES string of the molecule is CCC(NS(=O)(=O)c1c(C)oc(C)c1C(=O)O)c1cccs1.